The molecule has 1 aromatic carbocycles. The van der Waals surface area contributed by atoms with Crippen molar-refractivity contribution in [2.24, 2.45) is 0 Å². The second kappa shape index (κ2) is 6.28. The fourth-order valence-electron chi connectivity index (χ4n) is 2.99. The Morgan fingerprint density at radius 1 is 1.08 bits per heavy atom. The summed E-state index contributed by atoms with van der Waals surface area (Å²) in [5, 5.41) is 3.35. The highest BCUT2D eigenvalue weighted by Gasteiger charge is 2.22. The van der Waals surface area contributed by atoms with E-state index in [1.54, 1.807) is 6.20 Å². The van der Waals surface area contributed by atoms with Crippen LogP contribution in [-0.2, 0) is 13.0 Å². The third-order valence-corrected chi connectivity index (χ3v) is 4.15. The number of aryl methyl sites for hydroxylation is 1. The van der Waals surface area contributed by atoms with E-state index in [4.69, 9.17) is 4.98 Å². The van der Waals surface area contributed by atoms with E-state index in [2.05, 4.69) is 44.5 Å². The Morgan fingerprint density at radius 3 is 2.83 bits per heavy atom. The van der Waals surface area contributed by atoms with Crippen LogP contribution in [0, 0.1) is 6.92 Å². The lowest BCUT2D eigenvalue weighted by Gasteiger charge is -2.18. The molecule has 0 atom stereocenters. The molecule has 1 N–H and O–H groups in total. The summed E-state index contributed by atoms with van der Waals surface area (Å²) >= 11 is 0. The molecular weight excluding hydrogens is 298 g/mol. The van der Waals surface area contributed by atoms with Crippen molar-refractivity contribution in [3.63, 3.8) is 0 Å². The number of hydrogen-bond donors (Lipinski definition) is 1. The van der Waals surface area contributed by atoms with Gasteiger partial charge >= 0.3 is 0 Å². The molecule has 0 radical (unpaired) electrons. The molecule has 120 valence electrons. The van der Waals surface area contributed by atoms with Gasteiger partial charge in [0, 0.05) is 30.2 Å². The van der Waals surface area contributed by atoms with E-state index in [9.17, 15) is 0 Å². The molecule has 0 unspecified atom stereocenters. The minimum atomic E-state index is 0.646. The number of hydrogen-bond acceptors (Lipinski definition) is 5. The zero-order valence-corrected chi connectivity index (χ0v) is 13.6. The summed E-state index contributed by atoms with van der Waals surface area (Å²) in [5.74, 6) is 1.58. The largest absolute Gasteiger partial charge is 0.364 e. The first-order valence-corrected chi connectivity index (χ1v) is 8.14. The van der Waals surface area contributed by atoms with Crippen molar-refractivity contribution in [2.45, 2.75) is 19.9 Å². The van der Waals surface area contributed by atoms with Gasteiger partial charge in [-0.1, -0.05) is 24.3 Å². The molecule has 5 heteroatoms. The average Bonchev–Trinajstić information content (AvgIpc) is 3.05. The van der Waals surface area contributed by atoms with Gasteiger partial charge in [0.2, 0.25) is 5.95 Å². The van der Waals surface area contributed by atoms with Crippen LogP contribution in [0.2, 0.25) is 0 Å². The molecule has 1 aliphatic rings. The predicted octanol–water partition coefficient (Wildman–Crippen LogP) is 3.49. The van der Waals surface area contributed by atoms with Gasteiger partial charge in [-0.05, 0) is 37.1 Å². The molecule has 3 heterocycles. The minimum Gasteiger partial charge on any atom is -0.364 e. The van der Waals surface area contributed by atoms with E-state index in [-0.39, 0.29) is 0 Å². The van der Waals surface area contributed by atoms with Crippen LogP contribution in [0.1, 0.15) is 17.0 Å². The zero-order chi connectivity index (χ0) is 16.4. The first kappa shape index (κ1) is 14.6. The molecule has 0 fully saturated rings. The van der Waals surface area contributed by atoms with Crippen LogP contribution in [-0.4, -0.2) is 21.5 Å². The second-order valence-electron chi connectivity index (χ2n) is 5.90. The van der Waals surface area contributed by atoms with Crippen molar-refractivity contribution in [3.8, 4) is 0 Å². The number of nitrogens with one attached hydrogen (secondary N) is 1. The number of rotatable bonds is 4. The van der Waals surface area contributed by atoms with Crippen LogP contribution >= 0.6 is 0 Å². The van der Waals surface area contributed by atoms with Gasteiger partial charge in [0.15, 0.2) is 0 Å². The van der Waals surface area contributed by atoms with Crippen LogP contribution in [0.4, 0.5) is 17.5 Å². The molecular formula is C19H19N5. The standard InChI is InChI=1S/C19H19N5/c1-14-12-18(21-13-16-7-4-5-10-20-16)23-19(22-14)24-11-9-15-6-2-3-8-17(15)24/h2-8,10,12H,9,11,13H2,1H3,(H,21,22,23). The molecule has 4 rings (SSSR count). The van der Waals surface area contributed by atoms with E-state index < -0.39 is 0 Å². The molecule has 0 spiro atoms. The lowest BCUT2D eigenvalue weighted by Crippen LogP contribution is -2.17. The number of fused-ring (bicyclic) bond motifs is 1. The maximum absolute atomic E-state index is 4.71. The van der Waals surface area contributed by atoms with Crippen LogP contribution in [0.5, 0.6) is 0 Å². The smallest absolute Gasteiger partial charge is 0.232 e. The third kappa shape index (κ3) is 2.93. The highest BCUT2D eigenvalue weighted by atomic mass is 15.3. The van der Waals surface area contributed by atoms with Gasteiger partial charge in [0.25, 0.3) is 0 Å². The maximum atomic E-state index is 4.71. The lowest BCUT2D eigenvalue weighted by atomic mass is 10.2. The average molecular weight is 317 g/mol. The summed E-state index contributed by atoms with van der Waals surface area (Å²) in [6, 6.07) is 16.3. The molecule has 0 saturated carbocycles. The van der Waals surface area contributed by atoms with Crippen LogP contribution in [0.3, 0.4) is 0 Å². The summed E-state index contributed by atoms with van der Waals surface area (Å²) in [6.45, 7) is 3.56. The molecule has 0 amide bonds. The van der Waals surface area contributed by atoms with E-state index in [0.29, 0.717) is 6.54 Å². The molecule has 1 aliphatic heterocycles. The van der Waals surface area contributed by atoms with Crippen molar-refractivity contribution in [1.82, 2.24) is 15.0 Å². The Morgan fingerprint density at radius 2 is 1.96 bits per heavy atom. The highest BCUT2D eigenvalue weighted by Crippen LogP contribution is 2.32. The van der Waals surface area contributed by atoms with E-state index >= 15 is 0 Å². The molecule has 0 aliphatic carbocycles. The fourth-order valence-corrected chi connectivity index (χ4v) is 2.99. The summed E-state index contributed by atoms with van der Waals surface area (Å²) in [5.41, 5.74) is 4.50. The molecule has 3 aromatic rings. The van der Waals surface area contributed by atoms with Crippen molar-refractivity contribution in [2.75, 3.05) is 16.8 Å². The lowest BCUT2D eigenvalue weighted by molar-refractivity contribution is 0.923. The minimum absolute atomic E-state index is 0.646. The summed E-state index contributed by atoms with van der Waals surface area (Å²) in [7, 11) is 0. The third-order valence-electron chi connectivity index (χ3n) is 4.15. The summed E-state index contributed by atoms with van der Waals surface area (Å²) in [4.78, 5) is 15.9. The van der Waals surface area contributed by atoms with Gasteiger partial charge < -0.3 is 10.2 Å². The van der Waals surface area contributed by atoms with Gasteiger partial charge in [0.05, 0.1) is 12.2 Å². The summed E-state index contributed by atoms with van der Waals surface area (Å²) < 4.78 is 0. The Bertz CT molecular complexity index is 847. The number of pyridine rings is 1. The molecule has 5 nitrogen and oxygen atoms in total. The monoisotopic (exact) mass is 317 g/mol. The maximum Gasteiger partial charge on any atom is 0.232 e. The number of nitrogens with zero attached hydrogens (tertiary/aromatic N) is 4. The highest BCUT2D eigenvalue weighted by molar-refractivity contribution is 5.66. The number of anilines is 3. The van der Waals surface area contributed by atoms with E-state index in [1.165, 1.54) is 11.3 Å². The van der Waals surface area contributed by atoms with Gasteiger partial charge in [0.1, 0.15) is 5.82 Å². The normalized spacial score (nSPS) is 13.0. The molecule has 2 aromatic heterocycles. The number of para-hydroxylation sites is 1. The van der Waals surface area contributed by atoms with Crippen molar-refractivity contribution in [1.29, 1.82) is 0 Å². The van der Waals surface area contributed by atoms with Crippen LogP contribution < -0.4 is 10.2 Å². The molecule has 24 heavy (non-hydrogen) atoms. The SMILES string of the molecule is Cc1cc(NCc2ccccn2)nc(N2CCc3ccccc32)n1. The van der Waals surface area contributed by atoms with E-state index in [0.717, 1.165) is 36.1 Å². The van der Waals surface area contributed by atoms with Gasteiger partial charge in [-0.2, -0.15) is 4.98 Å². The van der Waals surface area contributed by atoms with Crippen molar-refractivity contribution < 1.29 is 0 Å². The predicted molar refractivity (Wildman–Crippen MR) is 95.5 cm³/mol. The molecule has 0 bridgehead atoms. The van der Waals surface area contributed by atoms with Crippen molar-refractivity contribution >= 4 is 17.5 Å². The Hall–Kier alpha value is -2.95. The van der Waals surface area contributed by atoms with Crippen LogP contribution in [0.25, 0.3) is 0 Å². The molecule has 0 saturated heterocycles. The zero-order valence-electron chi connectivity index (χ0n) is 13.6. The van der Waals surface area contributed by atoms with E-state index in [1.807, 2.05) is 31.2 Å². The summed E-state index contributed by atoms with van der Waals surface area (Å²) in [6.07, 6.45) is 2.83. The Kier molecular flexibility index (Phi) is 3.83. The fraction of sp³-hybridized carbons (Fsp3) is 0.211. The first-order valence-electron chi connectivity index (χ1n) is 8.14. The first-order chi connectivity index (χ1) is 11.8. The van der Waals surface area contributed by atoms with Crippen molar-refractivity contribution in [3.05, 3.63) is 71.7 Å². The van der Waals surface area contributed by atoms with Gasteiger partial charge in [-0.15, -0.1) is 0 Å². The topological polar surface area (TPSA) is 53.9 Å². The van der Waals surface area contributed by atoms with Gasteiger partial charge in [-0.3, -0.25) is 4.98 Å². The number of aromatic nitrogens is 3. The Balaban J connectivity index is 1.58. The van der Waals surface area contributed by atoms with Gasteiger partial charge in [-0.25, -0.2) is 4.98 Å². The quantitative estimate of drug-likeness (QED) is 0.798. The second-order valence-corrected chi connectivity index (χ2v) is 5.90. The Labute approximate surface area is 141 Å². The van der Waals surface area contributed by atoms with Crippen LogP contribution in [0.15, 0.2) is 54.7 Å². The number of benzene rings is 1.